The van der Waals surface area contributed by atoms with Crippen LogP contribution in [-0.2, 0) is 4.79 Å². The number of amides is 1. The van der Waals surface area contributed by atoms with Gasteiger partial charge in [0.25, 0.3) is 0 Å². The number of hydrogen-bond donors (Lipinski definition) is 3. The number of nitrogens with zero attached hydrogens (tertiary/aromatic N) is 2. The van der Waals surface area contributed by atoms with Gasteiger partial charge in [0.15, 0.2) is 5.96 Å². The Morgan fingerprint density at radius 2 is 1.88 bits per heavy atom. The van der Waals surface area contributed by atoms with Gasteiger partial charge in [-0.2, -0.15) is 0 Å². The lowest BCUT2D eigenvalue weighted by Crippen LogP contribution is -2.39. The standard InChI is InChI=1S/C19H31N5O.HI/c1-4-20-18(25)14-22-19(21-5-2)23-15(3)16-9-8-10-17(13-16)24-11-6-7-12-24;/h8-10,13,15H,4-7,11-12,14H2,1-3H3,(H,20,25)(H2,21,22,23);1H. The highest BCUT2D eigenvalue weighted by Gasteiger charge is 2.14. The Labute approximate surface area is 174 Å². The Balaban J connectivity index is 0.00000338. The van der Waals surface area contributed by atoms with E-state index in [0.717, 1.165) is 19.6 Å². The highest BCUT2D eigenvalue weighted by molar-refractivity contribution is 14.0. The Morgan fingerprint density at radius 1 is 1.19 bits per heavy atom. The van der Waals surface area contributed by atoms with Crippen LogP contribution >= 0.6 is 24.0 Å². The first-order valence-electron chi connectivity index (χ1n) is 9.30. The van der Waals surface area contributed by atoms with Gasteiger partial charge in [-0.05, 0) is 51.3 Å². The van der Waals surface area contributed by atoms with Crippen LogP contribution in [0.4, 0.5) is 5.69 Å². The molecular formula is C19H32IN5O. The highest BCUT2D eigenvalue weighted by Crippen LogP contribution is 2.23. The van der Waals surface area contributed by atoms with Crippen LogP contribution in [0.2, 0.25) is 0 Å². The molecule has 1 amide bonds. The van der Waals surface area contributed by atoms with Crippen molar-refractivity contribution in [2.24, 2.45) is 4.99 Å². The van der Waals surface area contributed by atoms with Crippen molar-refractivity contribution in [3.63, 3.8) is 0 Å². The summed E-state index contributed by atoms with van der Waals surface area (Å²) in [4.78, 5) is 18.4. The molecule has 1 aromatic carbocycles. The van der Waals surface area contributed by atoms with Gasteiger partial charge in [-0.3, -0.25) is 4.79 Å². The van der Waals surface area contributed by atoms with Gasteiger partial charge < -0.3 is 20.9 Å². The summed E-state index contributed by atoms with van der Waals surface area (Å²) in [6.45, 7) is 9.82. The first-order valence-corrected chi connectivity index (χ1v) is 9.30. The van der Waals surface area contributed by atoms with Gasteiger partial charge >= 0.3 is 0 Å². The number of carbonyl (C=O) groups excluding carboxylic acids is 1. The summed E-state index contributed by atoms with van der Waals surface area (Å²) in [5, 5.41) is 9.35. The molecule has 1 aliphatic rings. The minimum atomic E-state index is -0.0663. The molecule has 1 aliphatic heterocycles. The molecule has 0 aromatic heterocycles. The number of guanidine groups is 1. The second kappa shape index (κ2) is 12.0. The average Bonchev–Trinajstić information content (AvgIpc) is 3.15. The summed E-state index contributed by atoms with van der Waals surface area (Å²) < 4.78 is 0. The van der Waals surface area contributed by atoms with Crippen molar-refractivity contribution in [1.29, 1.82) is 0 Å². The second-order valence-electron chi connectivity index (χ2n) is 6.30. The summed E-state index contributed by atoms with van der Waals surface area (Å²) in [5.41, 5.74) is 2.50. The molecule has 1 saturated heterocycles. The van der Waals surface area contributed by atoms with E-state index in [-0.39, 0.29) is 42.5 Å². The summed E-state index contributed by atoms with van der Waals surface area (Å²) in [6.07, 6.45) is 2.55. The van der Waals surface area contributed by atoms with E-state index in [1.54, 1.807) is 0 Å². The first-order chi connectivity index (χ1) is 12.1. The number of aliphatic imine (C=N–C) groups is 1. The maximum Gasteiger partial charge on any atom is 0.241 e. The zero-order chi connectivity index (χ0) is 18.1. The van der Waals surface area contributed by atoms with Gasteiger partial charge in [0.2, 0.25) is 5.91 Å². The molecule has 26 heavy (non-hydrogen) atoms. The molecular weight excluding hydrogens is 441 g/mol. The van der Waals surface area contributed by atoms with Crippen molar-refractivity contribution in [2.75, 3.05) is 37.6 Å². The van der Waals surface area contributed by atoms with E-state index >= 15 is 0 Å². The number of benzene rings is 1. The van der Waals surface area contributed by atoms with Crippen LogP contribution < -0.4 is 20.9 Å². The molecule has 7 heteroatoms. The number of halogens is 1. The van der Waals surface area contributed by atoms with Crippen molar-refractivity contribution in [1.82, 2.24) is 16.0 Å². The fraction of sp³-hybridized carbons (Fsp3) is 0.579. The molecule has 1 atom stereocenters. The molecule has 6 nitrogen and oxygen atoms in total. The lowest BCUT2D eigenvalue weighted by atomic mass is 10.1. The normalized spacial score (nSPS) is 15.2. The monoisotopic (exact) mass is 473 g/mol. The third-order valence-corrected chi connectivity index (χ3v) is 4.29. The molecule has 146 valence electrons. The summed E-state index contributed by atoms with van der Waals surface area (Å²) in [5.74, 6) is 0.594. The highest BCUT2D eigenvalue weighted by atomic mass is 127. The molecule has 1 fully saturated rings. The topological polar surface area (TPSA) is 68.8 Å². The predicted octanol–water partition coefficient (Wildman–Crippen LogP) is 2.66. The Hall–Kier alpha value is -1.51. The molecule has 2 rings (SSSR count). The third-order valence-electron chi connectivity index (χ3n) is 4.29. The zero-order valence-electron chi connectivity index (χ0n) is 16.0. The van der Waals surface area contributed by atoms with Crippen molar-refractivity contribution in [2.45, 2.75) is 39.7 Å². The quantitative estimate of drug-likeness (QED) is 0.324. The van der Waals surface area contributed by atoms with Crippen LogP contribution in [0.5, 0.6) is 0 Å². The van der Waals surface area contributed by atoms with E-state index in [9.17, 15) is 4.79 Å². The van der Waals surface area contributed by atoms with E-state index in [2.05, 4.69) is 57.0 Å². The lowest BCUT2D eigenvalue weighted by molar-refractivity contribution is -0.119. The smallest absolute Gasteiger partial charge is 0.241 e. The number of hydrogen-bond acceptors (Lipinski definition) is 3. The second-order valence-corrected chi connectivity index (χ2v) is 6.30. The number of likely N-dealkylation sites (N-methyl/N-ethyl adjacent to an activating group) is 1. The molecule has 1 aromatic rings. The molecule has 0 saturated carbocycles. The van der Waals surface area contributed by atoms with Gasteiger partial charge in [0.05, 0.1) is 6.04 Å². The molecule has 0 spiro atoms. The fourth-order valence-corrected chi connectivity index (χ4v) is 2.98. The molecule has 1 unspecified atom stereocenters. The number of nitrogens with one attached hydrogen (secondary N) is 3. The van der Waals surface area contributed by atoms with Crippen molar-refractivity contribution in [3.8, 4) is 0 Å². The summed E-state index contributed by atoms with van der Waals surface area (Å²) >= 11 is 0. The SMILES string of the molecule is CCNC(=O)CN=C(NCC)NC(C)c1cccc(N2CCCC2)c1.I. The molecule has 0 bridgehead atoms. The minimum absolute atomic E-state index is 0. The van der Waals surface area contributed by atoms with E-state index in [1.807, 2.05) is 13.8 Å². The van der Waals surface area contributed by atoms with Crippen LogP contribution in [0.1, 0.15) is 45.2 Å². The molecule has 3 N–H and O–H groups in total. The van der Waals surface area contributed by atoms with Crippen LogP contribution in [0.3, 0.4) is 0 Å². The van der Waals surface area contributed by atoms with Crippen LogP contribution in [0, 0.1) is 0 Å². The van der Waals surface area contributed by atoms with Gasteiger partial charge in [-0.15, -0.1) is 24.0 Å². The summed E-state index contributed by atoms with van der Waals surface area (Å²) in [7, 11) is 0. The van der Waals surface area contributed by atoms with Gasteiger partial charge in [-0.1, -0.05) is 12.1 Å². The number of carbonyl (C=O) groups is 1. The maximum absolute atomic E-state index is 11.6. The van der Waals surface area contributed by atoms with Gasteiger partial charge in [0.1, 0.15) is 6.54 Å². The lowest BCUT2D eigenvalue weighted by Gasteiger charge is -2.22. The largest absolute Gasteiger partial charge is 0.372 e. The average molecular weight is 473 g/mol. The minimum Gasteiger partial charge on any atom is -0.372 e. The Bertz CT molecular complexity index is 587. The Morgan fingerprint density at radius 3 is 2.54 bits per heavy atom. The van der Waals surface area contributed by atoms with E-state index in [4.69, 9.17) is 0 Å². The molecule has 0 aliphatic carbocycles. The summed E-state index contributed by atoms with van der Waals surface area (Å²) in [6, 6.07) is 8.77. The third kappa shape index (κ3) is 7.01. The number of anilines is 1. The fourth-order valence-electron chi connectivity index (χ4n) is 2.98. The predicted molar refractivity (Wildman–Crippen MR) is 120 cm³/mol. The van der Waals surface area contributed by atoms with Crippen molar-refractivity contribution in [3.05, 3.63) is 29.8 Å². The van der Waals surface area contributed by atoms with Crippen molar-refractivity contribution < 1.29 is 4.79 Å². The molecule has 1 heterocycles. The van der Waals surface area contributed by atoms with E-state index in [0.29, 0.717) is 12.5 Å². The van der Waals surface area contributed by atoms with Gasteiger partial charge in [-0.25, -0.2) is 4.99 Å². The maximum atomic E-state index is 11.6. The molecule has 0 radical (unpaired) electrons. The number of rotatable bonds is 7. The van der Waals surface area contributed by atoms with E-state index < -0.39 is 0 Å². The van der Waals surface area contributed by atoms with Crippen LogP contribution in [0.25, 0.3) is 0 Å². The first kappa shape index (κ1) is 22.5. The van der Waals surface area contributed by atoms with Crippen LogP contribution in [0.15, 0.2) is 29.3 Å². The van der Waals surface area contributed by atoms with Crippen LogP contribution in [-0.4, -0.2) is 44.6 Å². The van der Waals surface area contributed by atoms with Gasteiger partial charge in [0, 0.05) is 31.9 Å². The van der Waals surface area contributed by atoms with E-state index in [1.165, 1.54) is 24.1 Å². The van der Waals surface area contributed by atoms with Crippen molar-refractivity contribution >= 4 is 41.5 Å². The zero-order valence-corrected chi connectivity index (χ0v) is 18.4. The Kier molecular flexibility index (Phi) is 10.4.